The molecule has 4 aromatic carbocycles. The molecule has 0 saturated carbocycles. The van der Waals surface area contributed by atoms with Crippen molar-refractivity contribution in [1.82, 2.24) is 0 Å². The Kier molecular flexibility index (Phi) is 8.39. The summed E-state index contributed by atoms with van der Waals surface area (Å²) < 4.78 is 34.3. The minimum absolute atomic E-state index is 0.117. The van der Waals surface area contributed by atoms with Gasteiger partial charge in [-0.05, 0) is 92.1 Å². The molecule has 1 amide bonds. The second-order valence-electron chi connectivity index (χ2n) is 9.03. The summed E-state index contributed by atoms with van der Waals surface area (Å²) in [6.07, 6.45) is 0. The first-order valence-electron chi connectivity index (χ1n) is 12.1. The predicted molar refractivity (Wildman–Crippen MR) is 152 cm³/mol. The van der Waals surface area contributed by atoms with Gasteiger partial charge in [0.1, 0.15) is 5.75 Å². The van der Waals surface area contributed by atoms with E-state index in [1.54, 1.807) is 72.8 Å². The van der Waals surface area contributed by atoms with Gasteiger partial charge in [-0.15, -0.1) is 0 Å². The zero-order valence-corrected chi connectivity index (χ0v) is 23.0. The highest BCUT2D eigenvalue weighted by molar-refractivity contribution is 7.92. The van der Waals surface area contributed by atoms with E-state index in [0.29, 0.717) is 16.5 Å². The van der Waals surface area contributed by atoms with Crippen LogP contribution in [0.4, 0.5) is 11.4 Å². The van der Waals surface area contributed by atoms with Crippen LogP contribution in [0.5, 0.6) is 5.75 Å². The largest absolute Gasteiger partial charge is 0.484 e. The second kappa shape index (κ2) is 11.7. The summed E-state index contributed by atoms with van der Waals surface area (Å²) in [5, 5.41) is 3.44. The van der Waals surface area contributed by atoms with E-state index >= 15 is 0 Å². The SMILES string of the molecule is Cc1ccc(S(=O)(=O)N(Cc2ccc(Cl)cc2)c2ccc(OCC(=O)Nc3cccc(C)c3C)cc2)cc1. The van der Waals surface area contributed by atoms with E-state index in [-0.39, 0.29) is 24.0 Å². The number of anilines is 2. The number of halogens is 1. The Morgan fingerprint density at radius 2 is 1.53 bits per heavy atom. The van der Waals surface area contributed by atoms with Crippen LogP contribution in [0.2, 0.25) is 5.02 Å². The number of amides is 1. The fourth-order valence-electron chi connectivity index (χ4n) is 3.84. The molecule has 4 rings (SSSR count). The Balaban J connectivity index is 1.52. The molecule has 0 bridgehead atoms. The second-order valence-corrected chi connectivity index (χ2v) is 11.3. The summed E-state index contributed by atoms with van der Waals surface area (Å²) in [6.45, 7) is 5.78. The minimum Gasteiger partial charge on any atom is -0.484 e. The third kappa shape index (κ3) is 6.54. The van der Waals surface area contributed by atoms with Crippen LogP contribution < -0.4 is 14.4 Å². The van der Waals surface area contributed by atoms with Gasteiger partial charge in [0.25, 0.3) is 15.9 Å². The van der Waals surface area contributed by atoms with Gasteiger partial charge >= 0.3 is 0 Å². The van der Waals surface area contributed by atoms with Gasteiger partial charge in [0, 0.05) is 10.7 Å². The lowest BCUT2D eigenvalue weighted by Crippen LogP contribution is -2.30. The Morgan fingerprint density at radius 3 is 2.18 bits per heavy atom. The maximum Gasteiger partial charge on any atom is 0.264 e. The van der Waals surface area contributed by atoms with E-state index < -0.39 is 10.0 Å². The number of aryl methyl sites for hydroxylation is 2. The molecule has 0 spiro atoms. The number of ether oxygens (including phenoxy) is 1. The van der Waals surface area contributed by atoms with Crippen molar-refractivity contribution in [3.05, 3.63) is 118 Å². The minimum atomic E-state index is -3.86. The van der Waals surface area contributed by atoms with Gasteiger partial charge in [0.15, 0.2) is 6.61 Å². The van der Waals surface area contributed by atoms with Crippen molar-refractivity contribution in [3.8, 4) is 5.75 Å². The molecular formula is C30H29ClN2O4S. The Morgan fingerprint density at radius 1 is 0.868 bits per heavy atom. The van der Waals surface area contributed by atoms with E-state index in [4.69, 9.17) is 16.3 Å². The fraction of sp³-hybridized carbons (Fsp3) is 0.167. The molecule has 0 radical (unpaired) electrons. The van der Waals surface area contributed by atoms with Crippen LogP contribution in [-0.4, -0.2) is 20.9 Å². The molecule has 0 saturated heterocycles. The number of nitrogens with zero attached hydrogens (tertiary/aromatic N) is 1. The smallest absolute Gasteiger partial charge is 0.264 e. The molecule has 0 fully saturated rings. The van der Waals surface area contributed by atoms with Crippen LogP contribution in [-0.2, 0) is 21.4 Å². The lowest BCUT2D eigenvalue weighted by atomic mass is 10.1. The van der Waals surface area contributed by atoms with E-state index in [9.17, 15) is 13.2 Å². The first-order valence-corrected chi connectivity index (χ1v) is 13.9. The van der Waals surface area contributed by atoms with Gasteiger partial charge in [-0.3, -0.25) is 9.10 Å². The number of benzene rings is 4. The normalized spacial score (nSPS) is 11.2. The third-order valence-electron chi connectivity index (χ3n) is 6.22. The molecule has 196 valence electrons. The number of sulfonamides is 1. The van der Waals surface area contributed by atoms with E-state index in [2.05, 4.69) is 5.32 Å². The summed E-state index contributed by atoms with van der Waals surface area (Å²) >= 11 is 6.02. The molecular weight excluding hydrogens is 520 g/mol. The third-order valence-corrected chi connectivity index (χ3v) is 8.26. The molecule has 0 aliphatic heterocycles. The van der Waals surface area contributed by atoms with Gasteiger partial charge in [0.05, 0.1) is 17.1 Å². The highest BCUT2D eigenvalue weighted by Crippen LogP contribution is 2.28. The topological polar surface area (TPSA) is 75.7 Å². The summed E-state index contributed by atoms with van der Waals surface area (Å²) in [6, 6.07) is 26.2. The number of carbonyl (C=O) groups excluding carboxylic acids is 1. The molecule has 38 heavy (non-hydrogen) atoms. The van der Waals surface area contributed by atoms with Crippen LogP contribution in [0.3, 0.4) is 0 Å². The van der Waals surface area contributed by atoms with Crippen LogP contribution in [0.1, 0.15) is 22.3 Å². The van der Waals surface area contributed by atoms with Gasteiger partial charge in [-0.25, -0.2) is 8.42 Å². The molecule has 0 unspecified atom stereocenters. The van der Waals surface area contributed by atoms with E-state index in [0.717, 1.165) is 27.9 Å². The van der Waals surface area contributed by atoms with Gasteiger partial charge in [0.2, 0.25) is 0 Å². The molecule has 8 heteroatoms. The number of rotatable bonds is 9. The van der Waals surface area contributed by atoms with E-state index in [1.807, 2.05) is 39.0 Å². The monoisotopic (exact) mass is 548 g/mol. The maximum atomic E-state index is 13.7. The lowest BCUT2D eigenvalue weighted by Gasteiger charge is -2.25. The quantitative estimate of drug-likeness (QED) is 0.253. The van der Waals surface area contributed by atoms with Crippen LogP contribution >= 0.6 is 11.6 Å². The molecule has 6 nitrogen and oxygen atoms in total. The standard InChI is InChI=1S/C30H29ClN2O4S/c1-21-7-17-28(18-8-21)38(35,36)33(19-24-9-11-25(31)12-10-24)26-13-15-27(16-14-26)37-20-30(34)32-29-6-4-5-22(2)23(29)3/h4-18H,19-20H2,1-3H3,(H,32,34). The van der Waals surface area contributed by atoms with Gasteiger partial charge < -0.3 is 10.1 Å². The average Bonchev–Trinajstić information content (AvgIpc) is 2.90. The van der Waals surface area contributed by atoms with Crippen molar-refractivity contribution in [2.45, 2.75) is 32.2 Å². The van der Waals surface area contributed by atoms with Crippen LogP contribution in [0.15, 0.2) is 95.9 Å². The number of hydrogen-bond acceptors (Lipinski definition) is 4. The van der Waals surface area contributed by atoms with Crippen molar-refractivity contribution in [3.63, 3.8) is 0 Å². The maximum absolute atomic E-state index is 13.7. The van der Waals surface area contributed by atoms with E-state index in [1.165, 1.54) is 4.31 Å². The molecule has 0 heterocycles. The Bertz CT molecular complexity index is 1520. The first kappa shape index (κ1) is 27.2. The molecule has 4 aromatic rings. The molecule has 0 aliphatic rings. The molecule has 0 aliphatic carbocycles. The van der Waals surface area contributed by atoms with Crippen molar-refractivity contribution in [2.24, 2.45) is 0 Å². The summed E-state index contributed by atoms with van der Waals surface area (Å²) in [5.74, 6) is 0.165. The van der Waals surface area contributed by atoms with Crippen molar-refractivity contribution in [2.75, 3.05) is 16.2 Å². The predicted octanol–water partition coefficient (Wildman–Crippen LogP) is 6.68. The fourth-order valence-corrected chi connectivity index (χ4v) is 5.42. The number of hydrogen-bond donors (Lipinski definition) is 1. The van der Waals surface area contributed by atoms with Gasteiger partial charge in [-0.2, -0.15) is 0 Å². The highest BCUT2D eigenvalue weighted by atomic mass is 35.5. The molecule has 0 atom stereocenters. The molecule has 0 aromatic heterocycles. The lowest BCUT2D eigenvalue weighted by molar-refractivity contribution is -0.118. The summed E-state index contributed by atoms with van der Waals surface area (Å²) in [7, 11) is -3.86. The Labute approximate surface area is 228 Å². The zero-order chi connectivity index (χ0) is 27.3. The molecule has 1 N–H and O–H groups in total. The van der Waals surface area contributed by atoms with Crippen LogP contribution in [0.25, 0.3) is 0 Å². The number of nitrogens with one attached hydrogen (secondary N) is 1. The Hall–Kier alpha value is -3.81. The van der Waals surface area contributed by atoms with Gasteiger partial charge in [-0.1, -0.05) is 53.6 Å². The summed E-state index contributed by atoms with van der Waals surface area (Å²) in [4.78, 5) is 12.6. The zero-order valence-electron chi connectivity index (χ0n) is 21.4. The van der Waals surface area contributed by atoms with Crippen molar-refractivity contribution >= 4 is 38.9 Å². The highest BCUT2D eigenvalue weighted by Gasteiger charge is 2.25. The van der Waals surface area contributed by atoms with Crippen molar-refractivity contribution < 1.29 is 17.9 Å². The summed E-state index contributed by atoms with van der Waals surface area (Å²) in [5.41, 5.74) is 5.05. The van der Waals surface area contributed by atoms with Crippen molar-refractivity contribution in [1.29, 1.82) is 0 Å². The average molecular weight is 549 g/mol. The van der Waals surface area contributed by atoms with Crippen LogP contribution in [0, 0.1) is 20.8 Å². The number of carbonyl (C=O) groups is 1. The first-order chi connectivity index (χ1) is 18.1.